The van der Waals surface area contributed by atoms with Crippen molar-refractivity contribution < 1.29 is 38.1 Å². The first-order chi connectivity index (χ1) is 30.0. The monoisotopic (exact) mass is 930 g/mol. The molecular formula is C48H63BrN6O8. The Hall–Kier alpha value is -5.02. The zero-order valence-corrected chi connectivity index (χ0v) is 39.2. The quantitative estimate of drug-likeness (QED) is 0.203. The first-order valence-electron chi connectivity index (χ1n) is 22.2. The van der Waals surface area contributed by atoms with Crippen LogP contribution in [-0.4, -0.2) is 119 Å². The van der Waals surface area contributed by atoms with Crippen LogP contribution >= 0.6 is 15.9 Å². The fourth-order valence-corrected chi connectivity index (χ4v) is 8.33. The summed E-state index contributed by atoms with van der Waals surface area (Å²) in [5, 5.41) is 7.06. The van der Waals surface area contributed by atoms with Gasteiger partial charge in [0, 0.05) is 128 Å². The van der Waals surface area contributed by atoms with Gasteiger partial charge in [0.2, 0.25) is 0 Å². The van der Waals surface area contributed by atoms with Gasteiger partial charge in [0.05, 0.1) is 13.1 Å². The molecule has 0 unspecified atom stereocenters. The lowest BCUT2D eigenvalue weighted by Gasteiger charge is -2.34. The highest BCUT2D eigenvalue weighted by Crippen LogP contribution is 2.36. The molecule has 8 rings (SSSR count). The maximum absolute atomic E-state index is 12.3. The van der Waals surface area contributed by atoms with E-state index in [2.05, 4.69) is 36.1 Å². The molecule has 4 fully saturated rings. The summed E-state index contributed by atoms with van der Waals surface area (Å²) in [5.74, 6) is 2.27. The Morgan fingerprint density at radius 1 is 0.651 bits per heavy atom. The van der Waals surface area contributed by atoms with Crippen LogP contribution in [0, 0.1) is 0 Å². The van der Waals surface area contributed by atoms with Crippen molar-refractivity contribution in [1.29, 1.82) is 0 Å². The number of likely N-dealkylation sites (tertiary alicyclic amines) is 2. The van der Waals surface area contributed by atoms with E-state index < -0.39 is 11.2 Å². The molecular weight excluding hydrogens is 868 g/mol. The third-order valence-electron chi connectivity index (χ3n) is 11.0. The van der Waals surface area contributed by atoms with Gasteiger partial charge in [0.15, 0.2) is 5.78 Å². The number of benzene rings is 2. The minimum absolute atomic E-state index is 0.0320. The van der Waals surface area contributed by atoms with Crippen molar-refractivity contribution in [1.82, 2.24) is 25.1 Å². The summed E-state index contributed by atoms with van der Waals surface area (Å²) < 4.78 is 24.5. The van der Waals surface area contributed by atoms with Crippen LogP contribution in [0.2, 0.25) is 0 Å². The summed E-state index contributed by atoms with van der Waals surface area (Å²) in [5.41, 5.74) is 0.0997. The number of Topliss-reactive ketones (excluding diaryl/α,β-unsaturated/α-hetero) is 2. The number of carbonyl (C=O) groups excluding carboxylic acids is 4. The second-order valence-corrected chi connectivity index (χ2v) is 19.3. The highest BCUT2D eigenvalue weighted by Gasteiger charge is 2.30. The fraction of sp³-hybridized carbons (Fsp3) is 0.542. The van der Waals surface area contributed by atoms with Gasteiger partial charge in [-0.3, -0.25) is 19.6 Å². The third kappa shape index (κ3) is 14.0. The van der Waals surface area contributed by atoms with Crippen LogP contribution in [0.15, 0.2) is 65.7 Å². The van der Waals surface area contributed by atoms with E-state index in [4.69, 9.17) is 18.9 Å². The number of aromatic nitrogens is 2. The number of nitrogens with one attached hydrogen (secondary N) is 1. The van der Waals surface area contributed by atoms with Crippen LogP contribution in [0.5, 0.6) is 11.5 Å². The minimum Gasteiger partial charge on any atom is -0.490 e. The van der Waals surface area contributed by atoms with Crippen LogP contribution in [0.1, 0.15) is 92.9 Å². The highest BCUT2D eigenvalue weighted by atomic mass is 79.9. The van der Waals surface area contributed by atoms with Crippen molar-refractivity contribution >= 4 is 66.9 Å². The number of halogens is 1. The zero-order chi connectivity index (χ0) is 45.1. The van der Waals surface area contributed by atoms with Crippen molar-refractivity contribution in [3.8, 4) is 11.5 Å². The van der Waals surface area contributed by atoms with E-state index >= 15 is 0 Å². The Morgan fingerprint density at radius 3 is 1.63 bits per heavy atom. The first kappa shape index (κ1) is 47.5. The lowest BCUT2D eigenvalue weighted by Crippen LogP contribution is -2.44. The molecule has 4 aliphatic rings. The molecule has 63 heavy (non-hydrogen) atoms. The van der Waals surface area contributed by atoms with E-state index in [0.29, 0.717) is 51.5 Å². The van der Waals surface area contributed by atoms with Gasteiger partial charge in [0.25, 0.3) is 0 Å². The minimum atomic E-state index is -0.489. The molecule has 0 spiro atoms. The standard InChI is InChI=1S/C24H31N3O4.C19H23BrN2O3.C5H9NO/c1-24(2,3)31-23(29)26-13-9-18(10-14-26)30-22-7-6-21(19-8-11-25-15-20(19)22)27-12-4-5-17(28)16-27;1-19(2,3)25-18(23)22-10-7-13(8-11-22)24-17-5-4-16(20)14-6-9-21-12-15(14)17;7-5-2-1-3-6-4-5/h6-8,11,15,18H,4-5,9-10,12-14,16H2,1-3H3;4-6,9,12-13H,7-8,10-11H2,1-3H3;6H,1-4H2. The van der Waals surface area contributed by atoms with E-state index in [9.17, 15) is 19.2 Å². The molecule has 15 heteroatoms. The topological polar surface area (TPSA) is 153 Å². The van der Waals surface area contributed by atoms with Gasteiger partial charge in [0.1, 0.15) is 40.7 Å². The Bertz CT molecular complexity index is 2200. The van der Waals surface area contributed by atoms with Gasteiger partial charge < -0.3 is 39.0 Å². The molecule has 4 aliphatic heterocycles. The van der Waals surface area contributed by atoms with Crippen molar-refractivity contribution in [2.24, 2.45) is 0 Å². The molecule has 0 atom stereocenters. The number of anilines is 1. The molecule has 2 aromatic carbocycles. The molecule has 1 N–H and O–H groups in total. The number of pyridine rings is 2. The van der Waals surface area contributed by atoms with E-state index in [1.807, 2.05) is 90.3 Å². The van der Waals surface area contributed by atoms with Crippen LogP contribution in [0.3, 0.4) is 0 Å². The Kier molecular flexibility index (Phi) is 16.3. The van der Waals surface area contributed by atoms with E-state index in [0.717, 1.165) is 101 Å². The third-order valence-corrected chi connectivity index (χ3v) is 11.7. The number of rotatable bonds is 5. The molecule has 2 aromatic heterocycles. The van der Waals surface area contributed by atoms with Crippen LogP contribution < -0.4 is 19.7 Å². The average Bonchev–Trinajstić information content (AvgIpc) is 3.25. The molecule has 0 saturated carbocycles. The molecule has 6 heterocycles. The summed E-state index contributed by atoms with van der Waals surface area (Å²) >= 11 is 3.56. The van der Waals surface area contributed by atoms with Crippen LogP contribution in [0.4, 0.5) is 15.3 Å². The SMILES string of the molecule is CC(C)(C)OC(=O)N1CCC(Oc2ccc(Br)c3ccncc23)CC1.CC(C)(C)OC(=O)N1CCC(Oc2ccc(N3CCCC(=O)C3)c3ccncc23)CC1.O=C1CCCNC1. The van der Waals surface area contributed by atoms with Gasteiger partial charge in [-0.1, -0.05) is 15.9 Å². The van der Waals surface area contributed by atoms with Gasteiger partial charge in [-0.2, -0.15) is 0 Å². The molecule has 340 valence electrons. The first-order valence-corrected chi connectivity index (χ1v) is 23.0. The van der Waals surface area contributed by atoms with Gasteiger partial charge >= 0.3 is 12.2 Å². The summed E-state index contributed by atoms with van der Waals surface area (Å²) in [6, 6.07) is 12.0. The predicted octanol–water partition coefficient (Wildman–Crippen LogP) is 8.90. The van der Waals surface area contributed by atoms with Crippen molar-refractivity contribution in [3.63, 3.8) is 0 Å². The van der Waals surface area contributed by atoms with Crippen molar-refractivity contribution in [2.75, 3.05) is 57.3 Å². The number of fused-ring (bicyclic) bond motifs is 2. The molecule has 4 aromatic rings. The van der Waals surface area contributed by atoms with Gasteiger partial charge in [-0.15, -0.1) is 0 Å². The van der Waals surface area contributed by atoms with Gasteiger partial charge in [-0.05, 0) is 97.3 Å². The van der Waals surface area contributed by atoms with Crippen molar-refractivity contribution in [3.05, 3.63) is 65.7 Å². The summed E-state index contributed by atoms with van der Waals surface area (Å²) in [7, 11) is 0. The number of nitrogens with zero attached hydrogens (tertiary/aromatic N) is 5. The average molecular weight is 932 g/mol. The summed E-state index contributed by atoms with van der Waals surface area (Å²) in [6.45, 7) is 16.8. The highest BCUT2D eigenvalue weighted by molar-refractivity contribution is 9.10. The smallest absolute Gasteiger partial charge is 0.410 e. The number of hydrogen-bond acceptors (Lipinski definition) is 12. The molecule has 0 aliphatic carbocycles. The zero-order valence-electron chi connectivity index (χ0n) is 37.6. The molecule has 14 nitrogen and oxygen atoms in total. The van der Waals surface area contributed by atoms with Crippen LogP contribution in [-0.2, 0) is 19.1 Å². The summed E-state index contributed by atoms with van der Waals surface area (Å²) in [4.78, 5) is 60.9. The van der Waals surface area contributed by atoms with E-state index in [1.165, 1.54) is 0 Å². The maximum Gasteiger partial charge on any atom is 0.410 e. The second kappa shape index (κ2) is 21.6. The number of amides is 2. The van der Waals surface area contributed by atoms with Crippen LogP contribution in [0.25, 0.3) is 21.5 Å². The second-order valence-electron chi connectivity index (χ2n) is 18.4. The lowest BCUT2D eigenvalue weighted by atomic mass is 10.0. The number of ether oxygens (including phenoxy) is 4. The lowest BCUT2D eigenvalue weighted by molar-refractivity contribution is -0.119. The maximum atomic E-state index is 12.3. The Morgan fingerprint density at radius 2 is 1.16 bits per heavy atom. The number of carbonyl (C=O) groups is 4. The number of hydrogen-bond donors (Lipinski definition) is 1. The number of ketones is 2. The molecule has 4 saturated heterocycles. The van der Waals surface area contributed by atoms with Gasteiger partial charge in [-0.25, -0.2) is 9.59 Å². The predicted molar refractivity (Wildman–Crippen MR) is 248 cm³/mol. The van der Waals surface area contributed by atoms with E-state index in [1.54, 1.807) is 22.2 Å². The van der Waals surface area contributed by atoms with Crippen molar-refractivity contribution in [2.45, 2.75) is 116 Å². The van der Waals surface area contributed by atoms with E-state index in [-0.39, 0.29) is 30.2 Å². The molecule has 0 radical (unpaired) electrons. The Labute approximate surface area is 379 Å². The normalized spacial score (nSPS) is 17.9. The number of piperidine rings is 4. The largest absolute Gasteiger partial charge is 0.490 e. The molecule has 2 amide bonds. The Balaban J connectivity index is 0.000000184. The summed E-state index contributed by atoms with van der Waals surface area (Å²) in [6.07, 6.45) is 13.3. The molecule has 0 bridgehead atoms. The fourth-order valence-electron chi connectivity index (χ4n) is 7.85.